The van der Waals surface area contributed by atoms with Crippen LogP contribution < -0.4 is 10.2 Å². The summed E-state index contributed by atoms with van der Waals surface area (Å²) in [7, 11) is 4.11. The molecular weight excluding hydrogens is 539 g/mol. The lowest BCUT2D eigenvalue weighted by molar-refractivity contribution is 0.0592. The summed E-state index contributed by atoms with van der Waals surface area (Å²) in [6.45, 7) is 0. The summed E-state index contributed by atoms with van der Waals surface area (Å²) in [6.07, 6.45) is 3.24. The highest BCUT2D eigenvalue weighted by atomic mass is 19.1. The van der Waals surface area contributed by atoms with Crippen molar-refractivity contribution in [3.63, 3.8) is 0 Å². The number of esters is 2. The number of carbonyl (C=O) groups is 4. The maximum Gasteiger partial charge on any atom is 0.339 e. The Kier molecular flexibility index (Phi) is 9.24. The molecule has 0 spiro atoms. The molecule has 0 aliphatic heterocycles. The second-order valence-electron chi connectivity index (χ2n) is 9.09. The molecule has 0 radical (unpaired) electrons. The van der Waals surface area contributed by atoms with Crippen molar-refractivity contribution in [1.29, 1.82) is 0 Å². The minimum Gasteiger partial charge on any atom is -0.465 e. The Bertz CT molecular complexity index is 1660. The predicted octanol–water partition coefficient (Wildman–Crippen LogP) is 6.10. The molecule has 4 aromatic rings. The van der Waals surface area contributed by atoms with E-state index in [-0.39, 0.29) is 23.0 Å². The largest absolute Gasteiger partial charge is 0.465 e. The van der Waals surface area contributed by atoms with Gasteiger partial charge in [-0.3, -0.25) is 9.59 Å². The summed E-state index contributed by atoms with van der Waals surface area (Å²) in [5.74, 6) is -2.31. The first kappa shape index (κ1) is 29.4. The standard InChI is InChI=1S/C33H27FN2O6/c1-36(31(38)24-11-13-25(14-12-24)32(39)41-2)26-17-15-23(16-18-26)30(37)35-29-19-9-21(20-27(29)33(40)42-3)8-10-22-6-4-5-7-28(22)34/h4-20H,1-3H3,(H,35,37)/b10-8+. The van der Waals surface area contributed by atoms with Gasteiger partial charge >= 0.3 is 11.9 Å². The molecule has 1 N–H and O–H groups in total. The van der Waals surface area contributed by atoms with Crippen molar-refractivity contribution in [1.82, 2.24) is 0 Å². The van der Waals surface area contributed by atoms with Gasteiger partial charge in [-0.25, -0.2) is 14.0 Å². The molecule has 0 unspecified atom stereocenters. The zero-order valence-corrected chi connectivity index (χ0v) is 23.1. The fraction of sp³-hybridized carbons (Fsp3) is 0.0909. The van der Waals surface area contributed by atoms with Gasteiger partial charge in [0, 0.05) is 29.4 Å². The normalized spacial score (nSPS) is 10.7. The zero-order chi connectivity index (χ0) is 30.2. The topological polar surface area (TPSA) is 102 Å². The van der Waals surface area contributed by atoms with E-state index in [2.05, 4.69) is 10.1 Å². The monoisotopic (exact) mass is 566 g/mol. The van der Waals surface area contributed by atoms with Crippen LogP contribution in [0.1, 0.15) is 52.6 Å². The Balaban J connectivity index is 1.48. The van der Waals surface area contributed by atoms with E-state index < -0.39 is 17.8 Å². The Morgan fingerprint density at radius 2 is 1.36 bits per heavy atom. The highest BCUT2D eigenvalue weighted by Crippen LogP contribution is 2.23. The van der Waals surface area contributed by atoms with Gasteiger partial charge in [-0.1, -0.05) is 36.4 Å². The fourth-order valence-electron chi connectivity index (χ4n) is 4.06. The first-order valence-electron chi connectivity index (χ1n) is 12.7. The van der Waals surface area contributed by atoms with Gasteiger partial charge in [0.15, 0.2) is 0 Å². The molecule has 4 rings (SSSR count). The molecular formula is C33H27FN2O6. The number of hydrogen-bond acceptors (Lipinski definition) is 6. The van der Waals surface area contributed by atoms with Gasteiger partial charge in [0.1, 0.15) is 5.82 Å². The SMILES string of the molecule is COC(=O)c1ccc(C(=O)N(C)c2ccc(C(=O)Nc3ccc(/C=C/c4ccccc4F)cc3C(=O)OC)cc2)cc1. The number of ether oxygens (including phenoxy) is 2. The predicted molar refractivity (Wildman–Crippen MR) is 158 cm³/mol. The van der Waals surface area contributed by atoms with Gasteiger partial charge in [0.25, 0.3) is 11.8 Å². The lowest BCUT2D eigenvalue weighted by Crippen LogP contribution is -2.26. The van der Waals surface area contributed by atoms with Gasteiger partial charge in [0.05, 0.1) is 31.0 Å². The summed E-state index contributed by atoms with van der Waals surface area (Å²) >= 11 is 0. The fourth-order valence-corrected chi connectivity index (χ4v) is 4.06. The van der Waals surface area contributed by atoms with Gasteiger partial charge in [-0.2, -0.15) is 0 Å². The average Bonchev–Trinajstić information content (AvgIpc) is 3.03. The quantitative estimate of drug-likeness (QED) is 0.204. The third kappa shape index (κ3) is 6.76. The molecule has 42 heavy (non-hydrogen) atoms. The van der Waals surface area contributed by atoms with E-state index in [4.69, 9.17) is 4.74 Å². The van der Waals surface area contributed by atoms with Crippen LogP contribution in [0.4, 0.5) is 15.8 Å². The number of methoxy groups -OCH3 is 2. The molecule has 0 saturated heterocycles. The molecule has 0 bridgehead atoms. The first-order chi connectivity index (χ1) is 20.2. The molecule has 0 aliphatic rings. The molecule has 0 fully saturated rings. The van der Waals surface area contributed by atoms with E-state index in [9.17, 15) is 23.6 Å². The lowest BCUT2D eigenvalue weighted by atomic mass is 10.1. The minimum absolute atomic E-state index is 0.127. The van der Waals surface area contributed by atoms with E-state index in [1.54, 1.807) is 79.9 Å². The van der Waals surface area contributed by atoms with Crippen LogP contribution in [0.3, 0.4) is 0 Å². The van der Waals surface area contributed by atoms with Crippen LogP contribution in [0.5, 0.6) is 0 Å². The molecule has 0 heterocycles. The van der Waals surface area contributed by atoms with Crippen LogP contribution in [0.25, 0.3) is 12.2 Å². The number of nitrogens with zero attached hydrogens (tertiary/aromatic N) is 1. The second kappa shape index (κ2) is 13.2. The van der Waals surface area contributed by atoms with Crippen molar-refractivity contribution in [2.24, 2.45) is 0 Å². The number of nitrogens with one attached hydrogen (secondary N) is 1. The van der Waals surface area contributed by atoms with Crippen LogP contribution >= 0.6 is 0 Å². The van der Waals surface area contributed by atoms with Crippen LogP contribution in [-0.2, 0) is 9.47 Å². The van der Waals surface area contributed by atoms with Gasteiger partial charge in [-0.05, 0) is 72.3 Å². The van der Waals surface area contributed by atoms with Crippen LogP contribution in [0.15, 0.2) is 91.0 Å². The van der Waals surface area contributed by atoms with Crippen molar-refractivity contribution >= 4 is 47.3 Å². The summed E-state index contributed by atoms with van der Waals surface area (Å²) < 4.78 is 23.5. The Morgan fingerprint density at radius 1 is 0.738 bits per heavy atom. The summed E-state index contributed by atoms with van der Waals surface area (Å²) in [4.78, 5) is 51.5. The van der Waals surface area contributed by atoms with Crippen LogP contribution in [0.2, 0.25) is 0 Å². The van der Waals surface area contributed by atoms with Crippen molar-refractivity contribution in [3.8, 4) is 0 Å². The smallest absolute Gasteiger partial charge is 0.339 e. The van der Waals surface area contributed by atoms with Crippen molar-refractivity contribution < 1.29 is 33.0 Å². The third-order valence-electron chi connectivity index (χ3n) is 6.43. The van der Waals surface area contributed by atoms with E-state index in [0.29, 0.717) is 33.5 Å². The van der Waals surface area contributed by atoms with E-state index in [1.165, 1.54) is 49.5 Å². The maximum atomic E-state index is 14.0. The average molecular weight is 567 g/mol. The van der Waals surface area contributed by atoms with E-state index in [1.807, 2.05) is 0 Å². The Labute approximate surface area is 242 Å². The number of benzene rings is 4. The highest BCUT2D eigenvalue weighted by Gasteiger charge is 2.18. The van der Waals surface area contributed by atoms with Crippen molar-refractivity contribution in [3.05, 3.63) is 130 Å². The molecule has 0 atom stereocenters. The molecule has 212 valence electrons. The van der Waals surface area contributed by atoms with Gasteiger partial charge < -0.3 is 19.7 Å². The van der Waals surface area contributed by atoms with Crippen molar-refractivity contribution in [2.45, 2.75) is 0 Å². The number of hydrogen-bond donors (Lipinski definition) is 1. The maximum absolute atomic E-state index is 14.0. The number of amides is 2. The summed E-state index contributed by atoms with van der Waals surface area (Å²) in [5.41, 5.74) is 2.89. The number of halogens is 1. The molecule has 0 aromatic heterocycles. The lowest BCUT2D eigenvalue weighted by Gasteiger charge is -2.18. The second-order valence-corrected chi connectivity index (χ2v) is 9.09. The molecule has 0 saturated carbocycles. The number of rotatable bonds is 8. The number of carbonyl (C=O) groups excluding carboxylic acids is 4. The molecule has 9 heteroatoms. The van der Waals surface area contributed by atoms with E-state index >= 15 is 0 Å². The zero-order valence-electron chi connectivity index (χ0n) is 23.1. The van der Waals surface area contributed by atoms with Crippen LogP contribution in [0, 0.1) is 5.82 Å². The number of anilines is 2. The highest BCUT2D eigenvalue weighted by molar-refractivity contribution is 6.09. The van der Waals surface area contributed by atoms with Gasteiger partial charge in [0.2, 0.25) is 0 Å². The summed E-state index contributed by atoms with van der Waals surface area (Å²) in [5, 5.41) is 2.73. The van der Waals surface area contributed by atoms with Gasteiger partial charge in [-0.15, -0.1) is 0 Å². The van der Waals surface area contributed by atoms with Crippen molar-refractivity contribution in [2.75, 3.05) is 31.5 Å². The molecule has 8 nitrogen and oxygen atoms in total. The Hall–Kier alpha value is -5.57. The van der Waals surface area contributed by atoms with Crippen LogP contribution in [-0.4, -0.2) is 45.0 Å². The summed E-state index contributed by atoms with van der Waals surface area (Å²) in [6, 6.07) is 23.5. The molecule has 0 aliphatic carbocycles. The molecule has 4 aromatic carbocycles. The van der Waals surface area contributed by atoms with E-state index in [0.717, 1.165) is 0 Å². The third-order valence-corrected chi connectivity index (χ3v) is 6.43. The minimum atomic E-state index is -0.651. The Morgan fingerprint density at radius 3 is 2.00 bits per heavy atom. The molecule has 2 amide bonds. The first-order valence-corrected chi connectivity index (χ1v) is 12.7.